The summed E-state index contributed by atoms with van der Waals surface area (Å²) in [5.74, 6) is -1.46. The maximum Gasteiger partial charge on any atom is 0.309 e. The smallest absolute Gasteiger partial charge is 0.309 e. The maximum absolute atomic E-state index is 12.6. The normalized spacial score (nSPS) is 16.5. The molecule has 2 rings (SSSR count). The second-order valence-electron chi connectivity index (χ2n) is 7.89. The lowest BCUT2D eigenvalue weighted by atomic mass is 9.88. The van der Waals surface area contributed by atoms with Gasteiger partial charge in [0.1, 0.15) is 0 Å². The van der Waals surface area contributed by atoms with Gasteiger partial charge in [-0.1, -0.05) is 63.4 Å². The Bertz CT molecular complexity index is 707. The van der Waals surface area contributed by atoms with Crippen LogP contribution >= 0.6 is 0 Å². The monoisotopic (exact) mass is 385 g/mol. The van der Waals surface area contributed by atoms with Crippen LogP contribution in [0.1, 0.15) is 64.9 Å². The van der Waals surface area contributed by atoms with E-state index in [9.17, 15) is 14.4 Å². The molecule has 2 N–H and O–H groups in total. The van der Waals surface area contributed by atoms with Crippen LogP contribution in [0.25, 0.3) is 0 Å². The lowest BCUT2D eigenvalue weighted by Crippen LogP contribution is -2.49. The quantitative estimate of drug-likeness (QED) is 0.409. The molecule has 1 aliphatic rings. The van der Waals surface area contributed by atoms with Gasteiger partial charge in [0.15, 0.2) is 0 Å². The molecule has 1 aliphatic carbocycles. The fraction of sp³-hybridized carbons (Fsp3) is 0.545. The summed E-state index contributed by atoms with van der Waals surface area (Å²) in [7, 11) is 0. The second-order valence-corrected chi connectivity index (χ2v) is 7.89. The van der Waals surface area contributed by atoms with Gasteiger partial charge in [-0.2, -0.15) is 5.10 Å². The van der Waals surface area contributed by atoms with Crippen LogP contribution in [-0.4, -0.2) is 29.4 Å². The summed E-state index contributed by atoms with van der Waals surface area (Å²) in [5, 5.41) is 6.85. The van der Waals surface area contributed by atoms with Gasteiger partial charge in [0, 0.05) is 5.92 Å². The number of hydrazone groups is 1. The van der Waals surface area contributed by atoms with Crippen LogP contribution in [-0.2, 0) is 14.4 Å². The van der Waals surface area contributed by atoms with Crippen molar-refractivity contribution in [2.75, 3.05) is 0 Å². The van der Waals surface area contributed by atoms with Crippen molar-refractivity contribution in [2.45, 2.75) is 65.3 Å². The van der Waals surface area contributed by atoms with Crippen molar-refractivity contribution in [3.63, 3.8) is 0 Å². The lowest BCUT2D eigenvalue weighted by molar-refractivity contribution is -0.140. The number of nitrogens with one attached hydrogen (secondary N) is 2. The number of nitrogens with zero attached hydrogens (tertiary/aromatic N) is 1. The first-order valence-electron chi connectivity index (χ1n) is 10.1. The molecule has 0 unspecified atom stereocenters. The highest BCUT2D eigenvalue weighted by atomic mass is 16.2. The van der Waals surface area contributed by atoms with E-state index in [1.165, 1.54) is 0 Å². The van der Waals surface area contributed by atoms with Crippen LogP contribution < -0.4 is 10.7 Å². The fourth-order valence-corrected chi connectivity index (χ4v) is 3.45. The van der Waals surface area contributed by atoms with E-state index in [1.54, 1.807) is 6.92 Å². The standard InChI is InChI=1S/C22H31N3O3/c1-15(2)14-19(23-21(27)18-12-8-5-9-13-18)20(26)22(28)25-24-16(3)17-10-6-4-7-11-17/h4,6-7,10-11,15,18-19H,5,8-9,12-14H2,1-3H3,(H,23,27)(H,25,28)/t19-/m0/s1. The van der Waals surface area contributed by atoms with E-state index in [-0.39, 0.29) is 17.7 Å². The van der Waals surface area contributed by atoms with Crippen molar-refractivity contribution in [3.8, 4) is 0 Å². The Labute approximate surface area is 167 Å². The van der Waals surface area contributed by atoms with Gasteiger partial charge in [0.25, 0.3) is 0 Å². The van der Waals surface area contributed by atoms with Gasteiger partial charge >= 0.3 is 5.91 Å². The summed E-state index contributed by atoms with van der Waals surface area (Å²) in [5.41, 5.74) is 3.80. The molecule has 1 atom stereocenters. The Morgan fingerprint density at radius 2 is 1.71 bits per heavy atom. The number of carbonyl (C=O) groups excluding carboxylic acids is 3. The Kier molecular flexibility index (Phi) is 8.36. The average molecular weight is 386 g/mol. The van der Waals surface area contributed by atoms with Crippen LogP contribution in [0, 0.1) is 11.8 Å². The zero-order chi connectivity index (χ0) is 20.5. The molecule has 1 aromatic rings. The van der Waals surface area contributed by atoms with Gasteiger partial charge in [-0.25, -0.2) is 5.43 Å². The first-order chi connectivity index (χ1) is 13.4. The van der Waals surface area contributed by atoms with Gasteiger partial charge in [-0.15, -0.1) is 0 Å². The molecule has 0 spiro atoms. The Morgan fingerprint density at radius 1 is 1.07 bits per heavy atom. The number of carbonyl (C=O) groups is 3. The minimum absolute atomic E-state index is 0.0578. The molecule has 0 aromatic heterocycles. The van der Waals surface area contributed by atoms with Gasteiger partial charge in [0.05, 0.1) is 11.8 Å². The summed E-state index contributed by atoms with van der Waals surface area (Å²) >= 11 is 0. The summed E-state index contributed by atoms with van der Waals surface area (Å²) in [6.45, 7) is 5.68. The van der Waals surface area contributed by atoms with Crippen molar-refractivity contribution in [1.82, 2.24) is 10.7 Å². The lowest BCUT2D eigenvalue weighted by Gasteiger charge is -2.24. The molecule has 1 fully saturated rings. The third-order valence-corrected chi connectivity index (χ3v) is 5.06. The van der Waals surface area contributed by atoms with E-state index in [0.29, 0.717) is 12.1 Å². The molecule has 0 radical (unpaired) electrons. The maximum atomic E-state index is 12.6. The van der Waals surface area contributed by atoms with Crippen molar-refractivity contribution < 1.29 is 14.4 Å². The zero-order valence-electron chi connectivity index (χ0n) is 17.0. The SMILES string of the molecule is CC(=NNC(=O)C(=O)[C@H](CC(C)C)NC(=O)C1CCCCC1)c1ccccc1. The first-order valence-corrected chi connectivity index (χ1v) is 10.1. The van der Waals surface area contributed by atoms with Crippen molar-refractivity contribution in [1.29, 1.82) is 0 Å². The average Bonchev–Trinajstić information content (AvgIpc) is 2.71. The Morgan fingerprint density at radius 3 is 2.32 bits per heavy atom. The van der Waals surface area contributed by atoms with E-state index in [2.05, 4.69) is 15.8 Å². The summed E-state index contributed by atoms with van der Waals surface area (Å²) in [6.07, 6.45) is 5.34. The molecule has 28 heavy (non-hydrogen) atoms. The van der Waals surface area contributed by atoms with Crippen LogP contribution in [0.15, 0.2) is 35.4 Å². The molecule has 0 heterocycles. The largest absolute Gasteiger partial charge is 0.345 e. The van der Waals surface area contributed by atoms with E-state index < -0.39 is 17.7 Å². The number of hydrogen-bond acceptors (Lipinski definition) is 4. The zero-order valence-corrected chi connectivity index (χ0v) is 17.0. The third-order valence-electron chi connectivity index (χ3n) is 5.06. The molecule has 6 heteroatoms. The molecule has 152 valence electrons. The van der Waals surface area contributed by atoms with Gasteiger partial charge in [-0.3, -0.25) is 14.4 Å². The first kappa shape index (κ1) is 21.8. The highest BCUT2D eigenvalue weighted by Crippen LogP contribution is 2.24. The van der Waals surface area contributed by atoms with Gasteiger partial charge < -0.3 is 5.32 Å². The molecule has 2 amide bonds. The van der Waals surface area contributed by atoms with E-state index in [4.69, 9.17) is 0 Å². The van der Waals surface area contributed by atoms with Gasteiger partial charge in [0.2, 0.25) is 11.7 Å². The topological polar surface area (TPSA) is 87.6 Å². The molecule has 0 saturated heterocycles. The summed E-state index contributed by atoms with van der Waals surface area (Å²) in [4.78, 5) is 37.5. The summed E-state index contributed by atoms with van der Waals surface area (Å²) < 4.78 is 0. The number of hydrogen-bond donors (Lipinski definition) is 2. The van der Waals surface area contributed by atoms with Crippen molar-refractivity contribution in [2.24, 2.45) is 16.9 Å². The van der Waals surface area contributed by atoms with E-state index in [1.807, 2.05) is 44.2 Å². The number of amides is 2. The predicted molar refractivity (Wildman–Crippen MR) is 110 cm³/mol. The minimum Gasteiger partial charge on any atom is -0.345 e. The Hall–Kier alpha value is -2.50. The molecule has 1 aromatic carbocycles. The number of ketones is 1. The highest BCUT2D eigenvalue weighted by molar-refractivity contribution is 6.38. The van der Waals surface area contributed by atoms with E-state index >= 15 is 0 Å². The molecule has 1 saturated carbocycles. The predicted octanol–water partition coefficient (Wildman–Crippen LogP) is 3.21. The van der Waals surface area contributed by atoms with Crippen LogP contribution in [0.5, 0.6) is 0 Å². The van der Waals surface area contributed by atoms with Crippen molar-refractivity contribution >= 4 is 23.3 Å². The summed E-state index contributed by atoms with van der Waals surface area (Å²) in [6, 6.07) is 8.57. The molecular formula is C22H31N3O3. The number of benzene rings is 1. The second kappa shape index (κ2) is 10.7. The minimum atomic E-state index is -0.818. The van der Waals surface area contributed by atoms with Crippen LogP contribution in [0.4, 0.5) is 0 Å². The van der Waals surface area contributed by atoms with Crippen LogP contribution in [0.2, 0.25) is 0 Å². The third kappa shape index (κ3) is 6.59. The fourth-order valence-electron chi connectivity index (χ4n) is 3.45. The Balaban J connectivity index is 2.00. The molecular weight excluding hydrogens is 354 g/mol. The number of Topliss-reactive ketones (excluding diaryl/α,β-unsaturated/α-hetero) is 1. The van der Waals surface area contributed by atoms with E-state index in [0.717, 1.165) is 37.7 Å². The van der Waals surface area contributed by atoms with Crippen LogP contribution in [0.3, 0.4) is 0 Å². The highest BCUT2D eigenvalue weighted by Gasteiger charge is 2.30. The molecule has 0 aliphatic heterocycles. The van der Waals surface area contributed by atoms with Gasteiger partial charge in [-0.05, 0) is 37.7 Å². The number of rotatable bonds is 8. The molecule has 6 nitrogen and oxygen atoms in total. The molecule has 0 bridgehead atoms. The van der Waals surface area contributed by atoms with Crippen molar-refractivity contribution in [3.05, 3.63) is 35.9 Å².